The van der Waals surface area contributed by atoms with Gasteiger partial charge in [-0.15, -0.1) is 0 Å². The molecular formula is C16H20N2O2. The zero-order valence-electron chi connectivity index (χ0n) is 11.5. The smallest absolute Gasteiger partial charge is 0.119 e. The molecule has 1 N–H and O–H groups in total. The van der Waals surface area contributed by atoms with E-state index in [-0.39, 0.29) is 0 Å². The first-order valence-corrected chi connectivity index (χ1v) is 7.35. The molecule has 0 bridgehead atoms. The summed E-state index contributed by atoms with van der Waals surface area (Å²) in [7, 11) is 0. The summed E-state index contributed by atoms with van der Waals surface area (Å²) in [6.45, 7) is 2.35. The molecule has 1 aromatic carbocycles. The average Bonchev–Trinajstić information content (AvgIpc) is 3.23. The molecule has 2 fully saturated rings. The van der Waals surface area contributed by atoms with E-state index in [0.717, 1.165) is 31.2 Å². The molecule has 4 nitrogen and oxygen atoms in total. The van der Waals surface area contributed by atoms with Gasteiger partial charge in [0.25, 0.3) is 0 Å². The Bertz CT molecular complexity index is 476. The van der Waals surface area contributed by atoms with Gasteiger partial charge in [-0.3, -0.25) is 0 Å². The van der Waals surface area contributed by atoms with Gasteiger partial charge in [-0.05, 0) is 49.4 Å². The van der Waals surface area contributed by atoms with Crippen molar-refractivity contribution in [3.05, 3.63) is 29.8 Å². The number of hydrogen-bond donors (Lipinski definition) is 1. The summed E-state index contributed by atoms with van der Waals surface area (Å²) in [5, 5.41) is 12.3. The summed E-state index contributed by atoms with van der Waals surface area (Å²) < 4.78 is 11.5. The van der Waals surface area contributed by atoms with Crippen LogP contribution < -0.4 is 10.1 Å². The monoisotopic (exact) mass is 272 g/mol. The summed E-state index contributed by atoms with van der Waals surface area (Å²) in [5.41, 5.74) is 0.658. The van der Waals surface area contributed by atoms with Gasteiger partial charge in [0.1, 0.15) is 12.4 Å². The van der Waals surface area contributed by atoms with Crippen LogP contribution in [0.15, 0.2) is 24.3 Å². The first kappa shape index (κ1) is 13.4. The highest BCUT2D eigenvalue weighted by Crippen LogP contribution is 2.38. The zero-order valence-corrected chi connectivity index (χ0v) is 11.5. The zero-order chi connectivity index (χ0) is 13.8. The Morgan fingerprint density at radius 1 is 1.25 bits per heavy atom. The van der Waals surface area contributed by atoms with E-state index in [4.69, 9.17) is 14.7 Å². The normalized spacial score (nSPS) is 25.4. The fourth-order valence-corrected chi connectivity index (χ4v) is 2.76. The third kappa shape index (κ3) is 3.30. The molecule has 20 heavy (non-hydrogen) atoms. The molecule has 0 amide bonds. The molecule has 3 rings (SSSR count). The van der Waals surface area contributed by atoms with Gasteiger partial charge in [0, 0.05) is 19.2 Å². The van der Waals surface area contributed by atoms with Crippen molar-refractivity contribution in [1.82, 2.24) is 5.32 Å². The minimum Gasteiger partial charge on any atom is -0.492 e. The number of hydrogen-bond acceptors (Lipinski definition) is 4. The van der Waals surface area contributed by atoms with Gasteiger partial charge in [-0.1, -0.05) is 0 Å². The van der Waals surface area contributed by atoms with Crippen LogP contribution in [-0.4, -0.2) is 31.9 Å². The number of nitriles is 1. The lowest BCUT2D eigenvalue weighted by atomic mass is 10.1. The van der Waals surface area contributed by atoms with Gasteiger partial charge in [0.2, 0.25) is 0 Å². The molecule has 0 unspecified atom stereocenters. The highest BCUT2D eigenvalue weighted by Gasteiger charge is 2.40. The van der Waals surface area contributed by atoms with Crippen molar-refractivity contribution in [2.75, 3.05) is 19.8 Å². The molecule has 2 aliphatic rings. The fraction of sp³-hybridized carbons (Fsp3) is 0.562. The molecule has 0 radical (unpaired) electrons. The van der Waals surface area contributed by atoms with Gasteiger partial charge in [-0.2, -0.15) is 5.26 Å². The summed E-state index contributed by atoms with van der Waals surface area (Å²) >= 11 is 0. The standard InChI is InChI=1S/C16H20N2O2/c17-11-12-1-5-14(6-2-12)19-10-8-18-15-7-9-20-16(15)13-3-4-13/h1-2,5-6,13,15-16,18H,3-4,7-10H2/t15-,16+/m0/s1. The molecule has 0 spiro atoms. The lowest BCUT2D eigenvalue weighted by Gasteiger charge is -2.19. The number of benzene rings is 1. The van der Waals surface area contributed by atoms with E-state index in [9.17, 15) is 0 Å². The van der Waals surface area contributed by atoms with Crippen LogP contribution >= 0.6 is 0 Å². The largest absolute Gasteiger partial charge is 0.492 e. The Balaban J connectivity index is 1.38. The van der Waals surface area contributed by atoms with Crippen LogP contribution in [0.1, 0.15) is 24.8 Å². The first-order chi connectivity index (χ1) is 9.86. The Kier molecular flexibility index (Phi) is 4.19. The number of nitrogens with one attached hydrogen (secondary N) is 1. The van der Waals surface area contributed by atoms with Crippen LogP contribution in [0.4, 0.5) is 0 Å². The van der Waals surface area contributed by atoms with Crippen molar-refractivity contribution >= 4 is 0 Å². The Hall–Kier alpha value is -1.57. The maximum Gasteiger partial charge on any atom is 0.119 e. The minimum absolute atomic E-state index is 0.421. The van der Waals surface area contributed by atoms with Crippen molar-refractivity contribution in [3.8, 4) is 11.8 Å². The van der Waals surface area contributed by atoms with Gasteiger partial charge in [0.15, 0.2) is 0 Å². The van der Waals surface area contributed by atoms with Gasteiger partial charge in [0.05, 0.1) is 17.7 Å². The molecular weight excluding hydrogens is 252 g/mol. The van der Waals surface area contributed by atoms with E-state index in [0.29, 0.717) is 24.3 Å². The van der Waals surface area contributed by atoms with Gasteiger partial charge in [-0.25, -0.2) is 0 Å². The Morgan fingerprint density at radius 2 is 2.05 bits per heavy atom. The van der Waals surface area contributed by atoms with Crippen molar-refractivity contribution in [3.63, 3.8) is 0 Å². The second kappa shape index (κ2) is 6.25. The molecule has 4 heteroatoms. The Morgan fingerprint density at radius 3 is 2.75 bits per heavy atom. The number of rotatable bonds is 6. The summed E-state index contributed by atoms with van der Waals surface area (Å²) in [5.74, 6) is 1.60. The second-order valence-corrected chi connectivity index (χ2v) is 5.51. The molecule has 1 saturated heterocycles. The maximum absolute atomic E-state index is 8.73. The summed E-state index contributed by atoms with van der Waals surface area (Å²) in [6.07, 6.45) is 4.18. The SMILES string of the molecule is N#Cc1ccc(OCCN[C@H]2CCO[C@@H]2C2CC2)cc1. The van der Waals surface area contributed by atoms with Crippen molar-refractivity contribution in [1.29, 1.82) is 5.26 Å². The summed E-state index contributed by atoms with van der Waals surface area (Å²) in [6, 6.07) is 9.81. The van der Waals surface area contributed by atoms with Crippen LogP contribution in [0.25, 0.3) is 0 Å². The molecule has 0 aromatic heterocycles. The first-order valence-electron chi connectivity index (χ1n) is 7.35. The van der Waals surface area contributed by atoms with E-state index >= 15 is 0 Å². The van der Waals surface area contributed by atoms with Crippen molar-refractivity contribution in [2.24, 2.45) is 5.92 Å². The number of ether oxygens (including phenoxy) is 2. The highest BCUT2D eigenvalue weighted by atomic mass is 16.5. The van der Waals surface area contributed by atoms with Crippen molar-refractivity contribution in [2.45, 2.75) is 31.4 Å². The molecule has 1 aromatic rings. The minimum atomic E-state index is 0.421. The van der Waals surface area contributed by atoms with E-state index < -0.39 is 0 Å². The lowest BCUT2D eigenvalue weighted by Crippen LogP contribution is -2.39. The maximum atomic E-state index is 8.73. The fourth-order valence-electron chi connectivity index (χ4n) is 2.76. The van der Waals surface area contributed by atoms with Gasteiger partial charge < -0.3 is 14.8 Å². The second-order valence-electron chi connectivity index (χ2n) is 5.51. The number of nitrogens with zero attached hydrogens (tertiary/aromatic N) is 1. The predicted octanol–water partition coefficient (Wildman–Crippen LogP) is 2.09. The van der Waals surface area contributed by atoms with Crippen LogP contribution in [-0.2, 0) is 4.74 Å². The van der Waals surface area contributed by atoms with Gasteiger partial charge >= 0.3 is 0 Å². The Labute approximate surface area is 119 Å². The molecule has 2 atom stereocenters. The van der Waals surface area contributed by atoms with Crippen LogP contribution in [0, 0.1) is 17.2 Å². The third-order valence-corrected chi connectivity index (χ3v) is 3.98. The lowest BCUT2D eigenvalue weighted by molar-refractivity contribution is 0.0804. The van der Waals surface area contributed by atoms with E-state index in [1.54, 1.807) is 12.1 Å². The molecule has 1 saturated carbocycles. The predicted molar refractivity (Wildman–Crippen MR) is 75.5 cm³/mol. The van der Waals surface area contributed by atoms with Crippen LogP contribution in [0.5, 0.6) is 5.75 Å². The highest BCUT2D eigenvalue weighted by molar-refractivity contribution is 5.34. The van der Waals surface area contributed by atoms with Crippen LogP contribution in [0.3, 0.4) is 0 Å². The molecule has 1 aliphatic carbocycles. The quantitative estimate of drug-likeness (QED) is 0.806. The average molecular weight is 272 g/mol. The van der Waals surface area contributed by atoms with E-state index in [2.05, 4.69) is 11.4 Å². The van der Waals surface area contributed by atoms with Crippen molar-refractivity contribution < 1.29 is 9.47 Å². The molecule has 1 aliphatic heterocycles. The molecule has 106 valence electrons. The van der Waals surface area contributed by atoms with E-state index in [1.165, 1.54) is 12.8 Å². The molecule has 1 heterocycles. The topological polar surface area (TPSA) is 54.3 Å². The third-order valence-electron chi connectivity index (χ3n) is 3.98. The van der Waals surface area contributed by atoms with E-state index in [1.807, 2.05) is 12.1 Å². The van der Waals surface area contributed by atoms with Crippen LogP contribution in [0.2, 0.25) is 0 Å². The summed E-state index contributed by atoms with van der Waals surface area (Å²) in [4.78, 5) is 0.